The lowest BCUT2D eigenvalue weighted by Gasteiger charge is -2.53. The first kappa shape index (κ1) is 25.9. The Morgan fingerprint density at radius 2 is 1.70 bits per heavy atom. The summed E-state index contributed by atoms with van der Waals surface area (Å²) in [5, 5.41) is 11.4. The van der Waals surface area contributed by atoms with Crippen molar-refractivity contribution >= 4 is 11.6 Å². The first-order valence-corrected chi connectivity index (χ1v) is 13.5. The van der Waals surface area contributed by atoms with E-state index in [0.29, 0.717) is 29.0 Å². The van der Waals surface area contributed by atoms with E-state index in [1.807, 2.05) is 13.0 Å². The number of aromatic nitrogens is 3. The Hall–Kier alpha value is -4.40. The van der Waals surface area contributed by atoms with Gasteiger partial charge in [0.15, 0.2) is 23.1 Å². The van der Waals surface area contributed by atoms with Gasteiger partial charge in [0.25, 0.3) is 0 Å². The zero-order valence-electron chi connectivity index (χ0n) is 22.9. The van der Waals surface area contributed by atoms with E-state index in [1.54, 1.807) is 69.3 Å². The number of ketones is 2. The fraction of sp³-hybridized carbons (Fsp3) is 0.355. The maximum absolute atomic E-state index is 14.1. The van der Waals surface area contributed by atoms with Crippen LogP contribution in [0, 0.1) is 11.3 Å². The summed E-state index contributed by atoms with van der Waals surface area (Å²) in [6.07, 6.45) is 2.05. The van der Waals surface area contributed by atoms with Crippen LogP contribution in [-0.2, 0) is 16.1 Å². The van der Waals surface area contributed by atoms with E-state index < -0.39 is 34.7 Å². The van der Waals surface area contributed by atoms with Crippen LogP contribution in [0.4, 0.5) is 0 Å². The van der Waals surface area contributed by atoms with Gasteiger partial charge < -0.3 is 9.84 Å². The molecule has 2 aliphatic carbocycles. The summed E-state index contributed by atoms with van der Waals surface area (Å²) < 4.78 is 9.62. The number of carbonyl (C=O) groups excluding carboxylic acids is 2. The number of fused-ring (bicyclic) bond motifs is 4. The van der Waals surface area contributed by atoms with Crippen LogP contribution in [-0.4, -0.2) is 37.2 Å². The van der Waals surface area contributed by atoms with Gasteiger partial charge in [-0.2, -0.15) is 0 Å². The molecule has 9 nitrogen and oxygen atoms in total. The van der Waals surface area contributed by atoms with Crippen molar-refractivity contribution in [1.82, 2.24) is 13.9 Å². The predicted molar refractivity (Wildman–Crippen MR) is 148 cm³/mol. The largest absolute Gasteiger partial charge is 0.504 e. The molecule has 9 heteroatoms. The molecule has 40 heavy (non-hydrogen) atoms. The van der Waals surface area contributed by atoms with Gasteiger partial charge in [0.2, 0.25) is 0 Å². The minimum Gasteiger partial charge on any atom is -0.504 e. The van der Waals surface area contributed by atoms with Crippen LogP contribution in [0.15, 0.2) is 80.9 Å². The summed E-state index contributed by atoms with van der Waals surface area (Å²) in [4.78, 5) is 55.3. The molecule has 0 bridgehead atoms. The lowest BCUT2D eigenvalue weighted by atomic mass is 9.50. The van der Waals surface area contributed by atoms with Gasteiger partial charge in [0.05, 0.1) is 30.3 Å². The van der Waals surface area contributed by atoms with E-state index in [-0.39, 0.29) is 36.0 Å². The Morgan fingerprint density at radius 1 is 0.975 bits per heavy atom. The monoisotopic (exact) mass is 541 g/mol. The number of Topliss-reactive ketones (excluding diaryl/α,β-unsaturated/α-hetero) is 2. The molecule has 0 spiro atoms. The van der Waals surface area contributed by atoms with Crippen LogP contribution in [0.2, 0.25) is 0 Å². The molecule has 0 radical (unpaired) electrons. The number of phenolic OH excluding ortho intramolecular Hbond substituents is 1. The summed E-state index contributed by atoms with van der Waals surface area (Å²) in [7, 11) is 0. The van der Waals surface area contributed by atoms with E-state index in [4.69, 9.17) is 4.74 Å². The second kappa shape index (κ2) is 9.08. The number of allylic oxidation sites excluding steroid dienone is 4. The quantitative estimate of drug-likeness (QED) is 0.505. The molecule has 0 saturated heterocycles. The van der Waals surface area contributed by atoms with Crippen molar-refractivity contribution in [1.29, 1.82) is 0 Å². The fourth-order valence-electron chi connectivity index (χ4n) is 7.03. The van der Waals surface area contributed by atoms with Crippen molar-refractivity contribution < 1.29 is 19.4 Å². The topological polar surface area (TPSA) is 113 Å². The highest BCUT2D eigenvalue weighted by Crippen LogP contribution is 2.62. The summed E-state index contributed by atoms with van der Waals surface area (Å²) in [5.41, 5.74) is 0.250. The molecule has 1 N–H and O–H groups in total. The first-order chi connectivity index (χ1) is 19.1. The molecule has 1 fully saturated rings. The standard InChI is InChI=1S/C31H31N3O6/c1-5-40-24-13-9-12-21(27(24)36)25-20-14-15-32-29(38)33(19-10-7-6-8-11-19)30(39)34(32)23(20)16-22-26(35)17(2)18(3)28(37)31(22,25)4/h6-14,22-23,25,36H,5,15-16H2,1-4H3. The number of para-hydroxylation sites is 2. The maximum atomic E-state index is 14.1. The van der Waals surface area contributed by atoms with Crippen molar-refractivity contribution in [2.45, 2.75) is 52.6 Å². The van der Waals surface area contributed by atoms with Gasteiger partial charge in [-0.15, -0.1) is 0 Å². The molecule has 3 aliphatic rings. The summed E-state index contributed by atoms with van der Waals surface area (Å²) in [6, 6.07) is 13.2. The Labute approximate surface area is 230 Å². The van der Waals surface area contributed by atoms with Crippen LogP contribution in [0.3, 0.4) is 0 Å². The number of aromatic hydroxyl groups is 1. The minimum atomic E-state index is -1.21. The zero-order chi connectivity index (χ0) is 28.5. The van der Waals surface area contributed by atoms with Gasteiger partial charge in [-0.05, 0) is 62.1 Å². The molecular weight excluding hydrogens is 510 g/mol. The molecule has 6 rings (SSSR count). The number of rotatable bonds is 4. The smallest absolute Gasteiger partial charge is 0.352 e. The number of benzene rings is 2. The first-order valence-electron chi connectivity index (χ1n) is 13.5. The molecule has 4 unspecified atom stereocenters. The number of ether oxygens (including phenoxy) is 1. The SMILES string of the molecule is CCOc1cccc(C2C3=CCn4c(=O)n(-c5ccccc5)c(=O)n4C3CC3C(=O)C(C)=C(C)C(=O)C32C)c1O. The van der Waals surface area contributed by atoms with Crippen LogP contribution < -0.4 is 16.1 Å². The number of phenols is 1. The second-order valence-corrected chi connectivity index (χ2v) is 11.0. The Morgan fingerprint density at radius 3 is 2.40 bits per heavy atom. The number of hydrogen-bond donors (Lipinski definition) is 1. The normalized spacial score (nSPS) is 25.7. The van der Waals surface area contributed by atoms with Crippen LogP contribution in [0.5, 0.6) is 11.5 Å². The predicted octanol–water partition coefficient (Wildman–Crippen LogP) is 3.68. The van der Waals surface area contributed by atoms with Crippen molar-refractivity contribution in [3.63, 3.8) is 0 Å². The maximum Gasteiger partial charge on any atom is 0.352 e. The Balaban J connectivity index is 1.62. The van der Waals surface area contributed by atoms with Crippen LogP contribution in [0.1, 0.15) is 51.6 Å². The minimum absolute atomic E-state index is 0.0998. The third kappa shape index (κ3) is 3.33. The van der Waals surface area contributed by atoms with Gasteiger partial charge in [-0.3, -0.25) is 9.59 Å². The van der Waals surface area contributed by atoms with Gasteiger partial charge in [0.1, 0.15) is 0 Å². The van der Waals surface area contributed by atoms with Gasteiger partial charge in [0, 0.05) is 17.4 Å². The molecule has 1 saturated carbocycles. The highest BCUT2D eigenvalue weighted by atomic mass is 16.5. The van der Waals surface area contributed by atoms with E-state index in [1.165, 1.54) is 9.36 Å². The molecule has 2 aromatic carbocycles. The fourth-order valence-corrected chi connectivity index (χ4v) is 7.03. The second-order valence-electron chi connectivity index (χ2n) is 11.0. The molecule has 0 amide bonds. The van der Waals surface area contributed by atoms with E-state index in [9.17, 15) is 24.3 Å². The van der Waals surface area contributed by atoms with Gasteiger partial charge in [-0.1, -0.05) is 43.3 Å². The zero-order valence-corrected chi connectivity index (χ0v) is 22.9. The highest BCUT2D eigenvalue weighted by molar-refractivity contribution is 6.15. The third-order valence-corrected chi connectivity index (χ3v) is 9.09. The van der Waals surface area contributed by atoms with Crippen molar-refractivity contribution in [2.75, 3.05) is 6.61 Å². The van der Waals surface area contributed by atoms with Crippen molar-refractivity contribution in [3.05, 3.63) is 97.9 Å². The van der Waals surface area contributed by atoms with E-state index in [2.05, 4.69) is 0 Å². The van der Waals surface area contributed by atoms with Crippen LogP contribution in [0.25, 0.3) is 5.69 Å². The third-order valence-electron chi connectivity index (χ3n) is 9.09. The molecule has 206 valence electrons. The average Bonchev–Trinajstić information content (AvgIpc) is 3.21. The summed E-state index contributed by atoms with van der Waals surface area (Å²) >= 11 is 0. The molecule has 4 atom stereocenters. The molecule has 3 aromatic rings. The van der Waals surface area contributed by atoms with Gasteiger partial charge in [-0.25, -0.2) is 23.5 Å². The van der Waals surface area contributed by atoms with E-state index >= 15 is 0 Å². The average molecular weight is 542 g/mol. The Kier molecular flexibility index (Phi) is 5.87. The highest BCUT2D eigenvalue weighted by Gasteiger charge is 2.61. The molecular formula is C31H31N3O6. The summed E-state index contributed by atoms with van der Waals surface area (Å²) in [5.74, 6) is -1.62. The number of hydrogen-bond acceptors (Lipinski definition) is 6. The number of nitrogens with zero attached hydrogens (tertiary/aromatic N) is 3. The van der Waals surface area contributed by atoms with Crippen molar-refractivity contribution in [2.24, 2.45) is 11.3 Å². The van der Waals surface area contributed by atoms with Crippen LogP contribution >= 0.6 is 0 Å². The van der Waals surface area contributed by atoms with Crippen molar-refractivity contribution in [3.8, 4) is 17.2 Å². The lowest BCUT2D eigenvalue weighted by Crippen LogP contribution is -2.55. The lowest BCUT2D eigenvalue weighted by molar-refractivity contribution is -0.140. The molecule has 1 aromatic heterocycles. The molecule has 1 aliphatic heterocycles. The number of carbonyl (C=O) groups is 2. The van der Waals surface area contributed by atoms with E-state index in [0.717, 1.165) is 10.1 Å². The van der Waals surface area contributed by atoms with Gasteiger partial charge >= 0.3 is 11.4 Å². The Bertz CT molecular complexity index is 1760. The molecule has 2 heterocycles. The summed E-state index contributed by atoms with van der Waals surface area (Å²) in [6.45, 7) is 7.39.